The van der Waals surface area contributed by atoms with E-state index in [9.17, 15) is 0 Å². The summed E-state index contributed by atoms with van der Waals surface area (Å²) in [5.74, 6) is 1.74. The van der Waals surface area contributed by atoms with Crippen LogP contribution in [0.4, 0.5) is 5.82 Å². The number of nitrogens with one attached hydrogen (secondary N) is 2. The molecule has 5 nitrogen and oxygen atoms in total. The predicted octanol–water partition coefficient (Wildman–Crippen LogP) is 2.58. The second kappa shape index (κ2) is 5.98. The Morgan fingerprint density at radius 2 is 2.16 bits per heavy atom. The van der Waals surface area contributed by atoms with Gasteiger partial charge in [-0.15, -0.1) is 0 Å². The lowest BCUT2D eigenvalue weighted by Gasteiger charge is -2.14. The highest BCUT2D eigenvalue weighted by Gasteiger charge is 2.20. The van der Waals surface area contributed by atoms with Crippen molar-refractivity contribution in [3.8, 4) is 0 Å². The van der Waals surface area contributed by atoms with Crippen molar-refractivity contribution >= 4 is 18.0 Å². The van der Waals surface area contributed by atoms with Crippen molar-refractivity contribution in [1.29, 1.82) is 0 Å². The molecule has 0 aromatic carbocycles. The summed E-state index contributed by atoms with van der Waals surface area (Å²) in [5, 5.41) is 3.35. The monoisotopic (exact) mass is 281 g/mol. The van der Waals surface area contributed by atoms with Crippen molar-refractivity contribution in [2.75, 3.05) is 25.1 Å². The van der Waals surface area contributed by atoms with Gasteiger partial charge >= 0.3 is 0 Å². The zero-order valence-electron chi connectivity index (χ0n) is 10.9. The number of hydrogen-bond donors (Lipinski definition) is 2. The molecule has 0 bridgehead atoms. The van der Waals surface area contributed by atoms with E-state index < -0.39 is 0 Å². The van der Waals surface area contributed by atoms with E-state index in [0.717, 1.165) is 57.1 Å². The van der Waals surface area contributed by atoms with Gasteiger partial charge in [0.1, 0.15) is 22.4 Å². The van der Waals surface area contributed by atoms with E-state index in [2.05, 4.69) is 15.3 Å². The van der Waals surface area contributed by atoms with Crippen LogP contribution in [-0.2, 0) is 9.47 Å². The first-order valence-corrected chi connectivity index (χ1v) is 7.30. The number of nitrogens with zero attached hydrogens (tertiary/aromatic N) is 1. The molecule has 3 heterocycles. The Morgan fingerprint density at radius 3 is 2.89 bits per heavy atom. The van der Waals surface area contributed by atoms with Crippen molar-refractivity contribution < 1.29 is 9.47 Å². The summed E-state index contributed by atoms with van der Waals surface area (Å²) >= 11 is 5.21. The summed E-state index contributed by atoms with van der Waals surface area (Å²) in [5.41, 5.74) is 0. The van der Waals surface area contributed by atoms with Gasteiger partial charge in [0.05, 0.1) is 6.10 Å². The third-order valence-corrected chi connectivity index (χ3v) is 3.75. The summed E-state index contributed by atoms with van der Waals surface area (Å²) in [7, 11) is 0. The van der Waals surface area contributed by atoms with Gasteiger partial charge in [-0.2, -0.15) is 0 Å². The Kier molecular flexibility index (Phi) is 4.10. The molecule has 0 saturated carbocycles. The highest BCUT2D eigenvalue weighted by Crippen LogP contribution is 2.26. The fourth-order valence-corrected chi connectivity index (χ4v) is 2.76. The van der Waals surface area contributed by atoms with E-state index >= 15 is 0 Å². The van der Waals surface area contributed by atoms with Gasteiger partial charge in [0.2, 0.25) is 0 Å². The number of anilines is 1. The maximum atomic E-state index is 5.63. The third-order valence-electron chi connectivity index (χ3n) is 3.54. The Labute approximate surface area is 117 Å². The van der Waals surface area contributed by atoms with Crippen molar-refractivity contribution in [3.05, 3.63) is 16.5 Å². The van der Waals surface area contributed by atoms with Crippen LogP contribution in [0.1, 0.15) is 37.6 Å². The molecule has 2 N–H and O–H groups in total. The molecule has 2 saturated heterocycles. The molecular formula is C13H19N3O2S. The molecule has 19 heavy (non-hydrogen) atoms. The predicted molar refractivity (Wildman–Crippen MR) is 74.8 cm³/mol. The molecule has 6 heteroatoms. The van der Waals surface area contributed by atoms with Crippen molar-refractivity contribution in [1.82, 2.24) is 9.97 Å². The van der Waals surface area contributed by atoms with Gasteiger partial charge in [-0.25, -0.2) is 4.98 Å². The molecule has 0 amide bonds. The van der Waals surface area contributed by atoms with Gasteiger partial charge in [0.25, 0.3) is 0 Å². The average molecular weight is 281 g/mol. The van der Waals surface area contributed by atoms with Crippen LogP contribution >= 0.6 is 12.2 Å². The summed E-state index contributed by atoms with van der Waals surface area (Å²) in [4.78, 5) is 7.64. The minimum absolute atomic E-state index is 0.0613. The molecule has 0 radical (unpaired) electrons. The van der Waals surface area contributed by atoms with E-state index in [1.807, 2.05) is 6.07 Å². The zero-order valence-corrected chi connectivity index (χ0v) is 11.7. The second-order valence-corrected chi connectivity index (χ2v) is 5.45. The fraction of sp³-hybridized carbons (Fsp3) is 0.692. The maximum absolute atomic E-state index is 5.63. The SMILES string of the molecule is S=c1cc(NCC2CCCO2)[nH]c(C2CCCO2)n1. The van der Waals surface area contributed by atoms with E-state index in [-0.39, 0.29) is 6.10 Å². The van der Waals surface area contributed by atoms with E-state index in [4.69, 9.17) is 21.7 Å². The molecule has 0 aliphatic carbocycles. The normalized spacial score (nSPS) is 26.7. The van der Waals surface area contributed by atoms with Gasteiger partial charge in [0, 0.05) is 25.8 Å². The van der Waals surface area contributed by atoms with Crippen LogP contribution in [0.3, 0.4) is 0 Å². The molecule has 2 aliphatic heterocycles. The first-order chi connectivity index (χ1) is 9.31. The Morgan fingerprint density at radius 1 is 1.32 bits per heavy atom. The van der Waals surface area contributed by atoms with Gasteiger partial charge in [-0.05, 0) is 25.7 Å². The molecule has 3 rings (SSSR count). The molecule has 104 valence electrons. The first-order valence-electron chi connectivity index (χ1n) is 6.89. The average Bonchev–Trinajstić information content (AvgIpc) is 3.09. The lowest BCUT2D eigenvalue weighted by Crippen LogP contribution is -2.19. The second-order valence-electron chi connectivity index (χ2n) is 5.04. The Bertz CT molecular complexity index is 479. The van der Waals surface area contributed by atoms with Crippen LogP contribution in [0.5, 0.6) is 0 Å². The quantitative estimate of drug-likeness (QED) is 0.831. The first kappa shape index (κ1) is 13.0. The lowest BCUT2D eigenvalue weighted by molar-refractivity contribution is 0.105. The molecule has 2 atom stereocenters. The van der Waals surface area contributed by atoms with Crippen LogP contribution in [-0.4, -0.2) is 35.8 Å². The van der Waals surface area contributed by atoms with Crippen molar-refractivity contribution in [3.63, 3.8) is 0 Å². The largest absolute Gasteiger partial charge is 0.376 e. The number of aromatic nitrogens is 2. The van der Waals surface area contributed by atoms with Crippen molar-refractivity contribution in [2.45, 2.75) is 37.9 Å². The third kappa shape index (κ3) is 3.32. The minimum Gasteiger partial charge on any atom is -0.376 e. The molecule has 2 unspecified atom stereocenters. The van der Waals surface area contributed by atoms with E-state index in [1.54, 1.807) is 0 Å². The number of rotatable bonds is 4. The number of aromatic amines is 1. The number of H-pyrrole nitrogens is 1. The summed E-state index contributed by atoms with van der Waals surface area (Å²) in [6.07, 6.45) is 4.73. The lowest BCUT2D eigenvalue weighted by atomic mass is 10.2. The van der Waals surface area contributed by atoms with Crippen LogP contribution in [0.2, 0.25) is 0 Å². The van der Waals surface area contributed by atoms with Crippen molar-refractivity contribution in [2.24, 2.45) is 0 Å². The standard InChI is InChI=1S/C13H19N3O2S/c19-12-7-11(14-8-9-3-1-5-17-9)15-13(16-12)10-4-2-6-18-10/h7,9-10H,1-6,8H2,(H2,14,15,16,19). The van der Waals surface area contributed by atoms with Crippen LogP contribution in [0.25, 0.3) is 0 Å². The maximum Gasteiger partial charge on any atom is 0.138 e. The van der Waals surface area contributed by atoms with E-state index in [1.165, 1.54) is 0 Å². The molecule has 1 aromatic heterocycles. The summed E-state index contributed by atoms with van der Waals surface area (Å²) in [6.45, 7) is 2.49. The molecule has 0 spiro atoms. The fourth-order valence-electron chi connectivity index (χ4n) is 2.55. The number of ether oxygens (including phenoxy) is 2. The summed E-state index contributed by atoms with van der Waals surface area (Å²) < 4.78 is 11.8. The van der Waals surface area contributed by atoms with Gasteiger partial charge in [0.15, 0.2) is 0 Å². The molecule has 1 aromatic rings. The zero-order chi connectivity index (χ0) is 13.1. The molecule has 2 fully saturated rings. The Balaban J connectivity index is 1.68. The topological polar surface area (TPSA) is 59.2 Å². The summed E-state index contributed by atoms with van der Waals surface area (Å²) in [6, 6.07) is 1.85. The smallest absolute Gasteiger partial charge is 0.138 e. The van der Waals surface area contributed by atoms with Crippen LogP contribution in [0, 0.1) is 4.64 Å². The van der Waals surface area contributed by atoms with Gasteiger partial charge < -0.3 is 19.8 Å². The van der Waals surface area contributed by atoms with Gasteiger partial charge in [-0.1, -0.05) is 12.2 Å². The highest BCUT2D eigenvalue weighted by molar-refractivity contribution is 7.71. The Hall–Kier alpha value is -0.980. The molecular weight excluding hydrogens is 262 g/mol. The highest BCUT2D eigenvalue weighted by atomic mass is 32.1. The minimum atomic E-state index is 0.0613. The van der Waals surface area contributed by atoms with E-state index in [0.29, 0.717) is 10.7 Å². The van der Waals surface area contributed by atoms with Crippen LogP contribution in [0.15, 0.2) is 6.07 Å². The van der Waals surface area contributed by atoms with Crippen LogP contribution < -0.4 is 5.32 Å². The van der Waals surface area contributed by atoms with Gasteiger partial charge in [-0.3, -0.25) is 0 Å². The number of hydrogen-bond acceptors (Lipinski definition) is 5. The molecule has 2 aliphatic rings.